The SMILES string of the molecule is O=C(O)[C@@H]1C[C@@H](O)[C@@H](O)[C@@H]([C@H](O)CS)O1. The molecule has 88 valence electrons. The van der Waals surface area contributed by atoms with Crippen molar-refractivity contribution in [1.29, 1.82) is 0 Å². The van der Waals surface area contributed by atoms with Crippen LogP contribution in [0.4, 0.5) is 0 Å². The third kappa shape index (κ3) is 2.82. The number of hydrogen-bond donors (Lipinski definition) is 5. The van der Waals surface area contributed by atoms with E-state index in [1.54, 1.807) is 0 Å². The highest BCUT2D eigenvalue weighted by molar-refractivity contribution is 7.80. The predicted octanol–water partition coefficient (Wildman–Crippen LogP) is -1.76. The van der Waals surface area contributed by atoms with E-state index < -0.39 is 36.5 Å². The molecule has 0 amide bonds. The number of thiol groups is 1. The van der Waals surface area contributed by atoms with E-state index in [0.29, 0.717) is 0 Å². The minimum absolute atomic E-state index is 0.0147. The highest BCUT2D eigenvalue weighted by Crippen LogP contribution is 2.23. The zero-order valence-corrected chi connectivity index (χ0v) is 8.75. The van der Waals surface area contributed by atoms with Gasteiger partial charge < -0.3 is 25.2 Å². The van der Waals surface area contributed by atoms with Gasteiger partial charge in [-0.1, -0.05) is 0 Å². The number of carboxylic acid groups (broad SMARTS) is 1. The third-order valence-electron chi connectivity index (χ3n) is 2.35. The molecule has 1 rings (SSSR count). The average Bonchev–Trinajstić information content (AvgIpc) is 2.20. The van der Waals surface area contributed by atoms with E-state index in [1.807, 2.05) is 0 Å². The van der Waals surface area contributed by atoms with Gasteiger partial charge in [-0.25, -0.2) is 4.79 Å². The Kier molecular flexibility index (Phi) is 4.35. The summed E-state index contributed by atoms with van der Waals surface area (Å²) in [5, 5.41) is 37.0. The van der Waals surface area contributed by atoms with Gasteiger partial charge in [-0.2, -0.15) is 12.6 Å². The van der Waals surface area contributed by atoms with Crippen LogP contribution in [0.3, 0.4) is 0 Å². The summed E-state index contributed by atoms with van der Waals surface area (Å²) in [6.07, 6.45) is -6.12. The molecule has 1 aliphatic rings. The maximum atomic E-state index is 10.6. The van der Waals surface area contributed by atoms with Gasteiger partial charge in [0, 0.05) is 12.2 Å². The fraction of sp³-hybridized carbons (Fsp3) is 0.875. The van der Waals surface area contributed by atoms with Crippen molar-refractivity contribution in [3.05, 3.63) is 0 Å². The second-order valence-electron chi connectivity index (χ2n) is 3.47. The summed E-state index contributed by atoms with van der Waals surface area (Å²) >= 11 is 3.81. The number of rotatable bonds is 3. The largest absolute Gasteiger partial charge is 0.479 e. The summed E-state index contributed by atoms with van der Waals surface area (Å²) < 4.78 is 4.97. The highest BCUT2D eigenvalue weighted by atomic mass is 32.1. The molecule has 0 aromatic rings. The third-order valence-corrected chi connectivity index (χ3v) is 2.72. The Bertz CT molecular complexity index is 235. The second kappa shape index (κ2) is 5.13. The van der Waals surface area contributed by atoms with E-state index in [-0.39, 0.29) is 12.2 Å². The first-order chi connectivity index (χ1) is 6.97. The lowest BCUT2D eigenvalue weighted by Gasteiger charge is -2.37. The lowest BCUT2D eigenvalue weighted by Crippen LogP contribution is -2.55. The van der Waals surface area contributed by atoms with Crippen molar-refractivity contribution in [3.63, 3.8) is 0 Å². The first-order valence-corrected chi connectivity index (χ1v) is 5.14. The van der Waals surface area contributed by atoms with Crippen LogP contribution in [0.5, 0.6) is 0 Å². The molecular formula is C8H14O6S. The molecule has 0 aromatic heterocycles. The molecule has 0 radical (unpaired) electrons. The molecule has 15 heavy (non-hydrogen) atoms. The molecule has 4 N–H and O–H groups in total. The van der Waals surface area contributed by atoms with Crippen molar-refractivity contribution in [1.82, 2.24) is 0 Å². The smallest absolute Gasteiger partial charge is 0.332 e. The number of ether oxygens (including phenoxy) is 1. The van der Waals surface area contributed by atoms with Crippen molar-refractivity contribution in [3.8, 4) is 0 Å². The molecule has 7 heteroatoms. The van der Waals surface area contributed by atoms with Crippen LogP contribution < -0.4 is 0 Å². The Morgan fingerprint density at radius 3 is 2.60 bits per heavy atom. The molecule has 1 heterocycles. The fourth-order valence-corrected chi connectivity index (χ4v) is 1.69. The number of carboxylic acids is 1. The summed E-state index contributed by atoms with van der Waals surface area (Å²) in [5.74, 6) is -1.21. The predicted molar refractivity (Wildman–Crippen MR) is 52.8 cm³/mol. The average molecular weight is 238 g/mol. The zero-order valence-electron chi connectivity index (χ0n) is 7.85. The summed E-state index contributed by atoms with van der Waals surface area (Å²) in [7, 11) is 0. The van der Waals surface area contributed by atoms with Gasteiger partial charge in [0.2, 0.25) is 0 Å². The van der Waals surface area contributed by atoms with E-state index in [9.17, 15) is 20.1 Å². The van der Waals surface area contributed by atoms with Gasteiger partial charge >= 0.3 is 5.97 Å². The van der Waals surface area contributed by atoms with Gasteiger partial charge in [-0.05, 0) is 0 Å². The highest BCUT2D eigenvalue weighted by Gasteiger charge is 2.42. The quantitative estimate of drug-likeness (QED) is 0.373. The van der Waals surface area contributed by atoms with Gasteiger partial charge in [0.15, 0.2) is 6.10 Å². The number of aliphatic hydroxyl groups is 3. The molecule has 0 aromatic carbocycles. The number of aliphatic hydroxyl groups excluding tert-OH is 3. The van der Waals surface area contributed by atoms with Crippen molar-refractivity contribution in [2.24, 2.45) is 0 Å². The van der Waals surface area contributed by atoms with Crippen LogP contribution in [0, 0.1) is 0 Å². The first kappa shape index (κ1) is 12.7. The fourth-order valence-electron chi connectivity index (χ4n) is 1.48. The van der Waals surface area contributed by atoms with Crippen LogP contribution in [0.2, 0.25) is 0 Å². The maximum absolute atomic E-state index is 10.6. The molecule has 0 aliphatic carbocycles. The topological polar surface area (TPSA) is 107 Å². The number of aliphatic carboxylic acids is 1. The Morgan fingerprint density at radius 1 is 1.53 bits per heavy atom. The molecule has 0 bridgehead atoms. The Hall–Kier alpha value is -0.340. The van der Waals surface area contributed by atoms with E-state index in [1.165, 1.54) is 0 Å². The first-order valence-electron chi connectivity index (χ1n) is 4.50. The molecule has 1 saturated heterocycles. The molecule has 0 unspecified atom stereocenters. The van der Waals surface area contributed by atoms with Gasteiger partial charge in [-0.15, -0.1) is 0 Å². The molecule has 1 aliphatic heterocycles. The van der Waals surface area contributed by atoms with E-state index in [0.717, 1.165) is 0 Å². The molecule has 0 saturated carbocycles. The molecular weight excluding hydrogens is 224 g/mol. The van der Waals surface area contributed by atoms with Crippen molar-refractivity contribution < 1.29 is 30.0 Å². The molecule has 0 spiro atoms. The van der Waals surface area contributed by atoms with Crippen LogP contribution in [0.1, 0.15) is 6.42 Å². The van der Waals surface area contributed by atoms with Crippen molar-refractivity contribution in [2.75, 3.05) is 5.75 Å². The minimum atomic E-state index is -1.29. The monoisotopic (exact) mass is 238 g/mol. The zero-order chi connectivity index (χ0) is 11.6. The number of carbonyl (C=O) groups is 1. The second-order valence-corrected chi connectivity index (χ2v) is 3.84. The summed E-state index contributed by atoms with van der Waals surface area (Å²) in [6, 6.07) is 0. The summed E-state index contributed by atoms with van der Waals surface area (Å²) in [5.41, 5.74) is 0. The lowest BCUT2D eigenvalue weighted by molar-refractivity contribution is -0.206. The van der Waals surface area contributed by atoms with Gasteiger partial charge in [0.25, 0.3) is 0 Å². The van der Waals surface area contributed by atoms with Crippen molar-refractivity contribution in [2.45, 2.75) is 36.9 Å². The van der Waals surface area contributed by atoms with Gasteiger partial charge in [0.1, 0.15) is 12.2 Å². The van der Waals surface area contributed by atoms with E-state index in [2.05, 4.69) is 12.6 Å². The van der Waals surface area contributed by atoms with Gasteiger partial charge in [0.05, 0.1) is 12.2 Å². The number of hydrogen-bond acceptors (Lipinski definition) is 6. The van der Waals surface area contributed by atoms with Crippen LogP contribution in [-0.4, -0.2) is 62.7 Å². The molecule has 5 atom stereocenters. The Balaban J connectivity index is 2.72. The summed E-state index contributed by atoms with van der Waals surface area (Å²) in [4.78, 5) is 10.6. The van der Waals surface area contributed by atoms with Crippen LogP contribution >= 0.6 is 12.6 Å². The Labute approximate surface area is 91.9 Å². The van der Waals surface area contributed by atoms with Crippen molar-refractivity contribution >= 4 is 18.6 Å². The molecule has 6 nitrogen and oxygen atoms in total. The van der Waals surface area contributed by atoms with E-state index >= 15 is 0 Å². The minimum Gasteiger partial charge on any atom is -0.479 e. The van der Waals surface area contributed by atoms with Crippen LogP contribution in [0.15, 0.2) is 0 Å². The lowest BCUT2D eigenvalue weighted by atomic mass is 9.95. The maximum Gasteiger partial charge on any atom is 0.332 e. The Morgan fingerprint density at radius 2 is 2.13 bits per heavy atom. The van der Waals surface area contributed by atoms with Gasteiger partial charge in [-0.3, -0.25) is 0 Å². The molecule has 1 fully saturated rings. The normalized spacial score (nSPS) is 38.7. The summed E-state index contributed by atoms with van der Waals surface area (Å²) in [6.45, 7) is 0. The van der Waals surface area contributed by atoms with Crippen LogP contribution in [-0.2, 0) is 9.53 Å². The van der Waals surface area contributed by atoms with Crippen LogP contribution in [0.25, 0.3) is 0 Å². The van der Waals surface area contributed by atoms with E-state index in [4.69, 9.17) is 9.84 Å². The standard InChI is InChI=1S/C8H14O6S/c9-3-1-5(8(12)13)14-7(6(3)11)4(10)2-15/h3-7,9-11,15H,1-2H2,(H,12,13)/t3-,4-,5+,6-,7-/m1/s1.